The second-order valence-electron chi connectivity index (χ2n) is 12.1. The highest BCUT2D eigenvalue weighted by Crippen LogP contribution is 2.66. The number of esters is 2. The molecule has 0 bridgehead atoms. The lowest BCUT2D eigenvalue weighted by Crippen LogP contribution is -2.73. The molecule has 1 aliphatic heterocycles. The van der Waals surface area contributed by atoms with Crippen molar-refractivity contribution in [1.29, 1.82) is 0 Å². The molecule has 2 unspecified atom stereocenters. The lowest BCUT2D eigenvalue weighted by Gasteiger charge is -2.65. The van der Waals surface area contributed by atoms with E-state index in [-0.39, 0.29) is 29.9 Å². The van der Waals surface area contributed by atoms with Gasteiger partial charge in [-0.15, -0.1) is 0 Å². The summed E-state index contributed by atoms with van der Waals surface area (Å²) in [6.07, 6.45) is 1.21. The highest BCUT2D eigenvalue weighted by atomic mass is 32.2. The van der Waals surface area contributed by atoms with Gasteiger partial charge in [-0.3, -0.25) is 18.8 Å². The van der Waals surface area contributed by atoms with Gasteiger partial charge in [0.15, 0.2) is 0 Å². The second-order valence-corrected chi connectivity index (χ2v) is 13.7. The van der Waals surface area contributed by atoms with Gasteiger partial charge in [0.25, 0.3) is 10.1 Å². The fraction of sp³-hybridized carbons (Fsp3) is 0.586. The Hall–Kier alpha value is -3.29. The Morgan fingerprint density at radius 1 is 1.12 bits per heavy atom. The number of rotatable bonds is 5. The summed E-state index contributed by atoms with van der Waals surface area (Å²) in [7, 11) is -4.08. The maximum atomic E-state index is 13.4. The first-order chi connectivity index (χ1) is 19.5. The minimum Gasteiger partial charge on any atom is -0.482 e. The fourth-order valence-electron chi connectivity index (χ4n) is 7.83. The summed E-state index contributed by atoms with van der Waals surface area (Å²) in [6.45, 7) is 7.59. The van der Waals surface area contributed by atoms with Crippen molar-refractivity contribution >= 4 is 22.1 Å². The Labute approximate surface area is 243 Å². The van der Waals surface area contributed by atoms with E-state index in [4.69, 9.17) is 22.8 Å². The zero-order valence-corrected chi connectivity index (χ0v) is 25.1. The number of aromatic nitrogens is 1. The number of aliphatic hydroxyl groups excluding tert-OH is 1. The van der Waals surface area contributed by atoms with E-state index >= 15 is 0 Å². The molecule has 12 nitrogen and oxygen atoms in total. The third kappa shape index (κ3) is 4.90. The highest BCUT2D eigenvalue weighted by molar-refractivity contribution is 7.86. The van der Waals surface area contributed by atoms with Gasteiger partial charge in [0.05, 0.1) is 12.4 Å². The van der Waals surface area contributed by atoms with Crippen LogP contribution >= 0.6 is 0 Å². The molecule has 2 aromatic rings. The van der Waals surface area contributed by atoms with E-state index in [2.05, 4.69) is 4.98 Å². The number of pyridine rings is 1. The summed E-state index contributed by atoms with van der Waals surface area (Å²) in [5, 5.41) is 12.0. The highest BCUT2D eigenvalue weighted by Gasteiger charge is 2.71. The largest absolute Gasteiger partial charge is 0.482 e. The van der Waals surface area contributed by atoms with Gasteiger partial charge in [-0.2, -0.15) is 8.42 Å². The molecule has 228 valence electrons. The Morgan fingerprint density at radius 3 is 2.38 bits per heavy atom. The quantitative estimate of drug-likeness (QED) is 0.391. The summed E-state index contributed by atoms with van der Waals surface area (Å²) in [5.74, 6) is -2.59. The van der Waals surface area contributed by atoms with Crippen molar-refractivity contribution in [2.24, 2.45) is 17.3 Å². The van der Waals surface area contributed by atoms with Crippen molar-refractivity contribution < 1.29 is 45.9 Å². The number of hydrogen-bond acceptors (Lipinski definition) is 12. The molecule has 13 heteroatoms. The first-order valence-electron chi connectivity index (χ1n) is 13.7. The molecule has 0 aromatic carbocycles. The Morgan fingerprint density at radius 2 is 1.79 bits per heavy atom. The summed E-state index contributed by atoms with van der Waals surface area (Å²) >= 11 is 0. The smallest absolute Gasteiger partial charge is 0.345 e. The number of carbonyl (C=O) groups excluding carboxylic acids is 2. The Kier molecular flexibility index (Phi) is 7.30. The van der Waals surface area contributed by atoms with Crippen LogP contribution in [0.25, 0.3) is 11.3 Å². The van der Waals surface area contributed by atoms with Crippen molar-refractivity contribution in [2.75, 3.05) is 6.26 Å². The van der Waals surface area contributed by atoms with Gasteiger partial charge < -0.3 is 23.7 Å². The van der Waals surface area contributed by atoms with Crippen LogP contribution < -0.4 is 10.4 Å². The van der Waals surface area contributed by atoms with Crippen LogP contribution in [0.5, 0.6) is 5.75 Å². The van der Waals surface area contributed by atoms with E-state index in [0.29, 0.717) is 12.0 Å². The van der Waals surface area contributed by atoms with Gasteiger partial charge in [0.2, 0.25) is 0 Å². The second kappa shape index (κ2) is 10.2. The third-order valence-corrected chi connectivity index (χ3v) is 9.94. The van der Waals surface area contributed by atoms with Crippen molar-refractivity contribution in [3.8, 4) is 17.1 Å². The number of carbonyl (C=O) groups is 2. The molecule has 0 amide bonds. The molecular formula is C29H35NO11S. The summed E-state index contributed by atoms with van der Waals surface area (Å²) < 4.78 is 54.4. The first-order valence-corrected chi connectivity index (χ1v) is 15.5. The summed E-state index contributed by atoms with van der Waals surface area (Å²) in [6, 6.07) is 4.90. The fourth-order valence-corrected chi connectivity index (χ4v) is 8.71. The van der Waals surface area contributed by atoms with Crippen molar-refractivity contribution in [3.63, 3.8) is 0 Å². The van der Waals surface area contributed by atoms with Crippen molar-refractivity contribution in [3.05, 3.63) is 46.6 Å². The molecule has 0 radical (unpaired) electrons. The average Bonchev–Trinajstić information content (AvgIpc) is 2.86. The van der Waals surface area contributed by atoms with Crippen LogP contribution in [0.1, 0.15) is 65.5 Å². The van der Waals surface area contributed by atoms with Crippen LogP contribution in [0.15, 0.2) is 39.8 Å². The minimum absolute atomic E-state index is 0.0613. The van der Waals surface area contributed by atoms with E-state index in [0.717, 1.165) is 6.26 Å². The predicted octanol–water partition coefficient (Wildman–Crippen LogP) is 2.92. The van der Waals surface area contributed by atoms with Crippen LogP contribution in [-0.2, 0) is 33.4 Å². The normalized spacial score (nSPS) is 35.5. The molecule has 5 rings (SSSR count). The molecule has 0 saturated heterocycles. The molecule has 8 atom stereocenters. The lowest BCUT2D eigenvalue weighted by molar-refractivity contribution is -0.274. The molecule has 1 N–H and O–H groups in total. The Bertz CT molecular complexity index is 1570. The van der Waals surface area contributed by atoms with Gasteiger partial charge in [-0.25, -0.2) is 4.79 Å². The Balaban J connectivity index is 1.69. The molecule has 2 saturated carbocycles. The van der Waals surface area contributed by atoms with Crippen LogP contribution in [0.2, 0.25) is 0 Å². The maximum Gasteiger partial charge on any atom is 0.345 e. The molecule has 2 aromatic heterocycles. The molecular weight excluding hydrogens is 570 g/mol. The van der Waals surface area contributed by atoms with E-state index in [9.17, 15) is 27.9 Å². The minimum atomic E-state index is -4.08. The van der Waals surface area contributed by atoms with E-state index in [1.807, 2.05) is 6.92 Å². The molecule has 42 heavy (non-hydrogen) atoms. The van der Waals surface area contributed by atoms with Gasteiger partial charge in [-0.05, 0) is 50.7 Å². The maximum absolute atomic E-state index is 13.4. The van der Waals surface area contributed by atoms with Crippen molar-refractivity contribution in [1.82, 2.24) is 4.98 Å². The SMILES string of the molecule is CC(=O)O[C@H]1CC[C@@]2(C)C(C[C@H](OC(C)=O)[C@@]3(C)Oc4cc(-c5cccnc5)oc(=O)c4[C@H](O)C23)[C@]1(C)OS(C)(=O)=O. The molecule has 0 spiro atoms. The van der Waals surface area contributed by atoms with E-state index in [1.165, 1.54) is 26.1 Å². The zero-order valence-electron chi connectivity index (χ0n) is 24.3. The van der Waals surface area contributed by atoms with Gasteiger partial charge in [-0.1, -0.05) is 6.92 Å². The first kappa shape index (κ1) is 30.2. The van der Waals surface area contributed by atoms with Crippen LogP contribution in [0, 0.1) is 17.3 Å². The zero-order chi connectivity index (χ0) is 30.8. The number of fused-ring (bicyclic) bond motifs is 4. The van der Waals surface area contributed by atoms with Gasteiger partial charge in [0, 0.05) is 49.7 Å². The summed E-state index contributed by atoms with van der Waals surface area (Å²) in [5.41, 5.74) is -4.29. The predicted molar refractivity (Wildman–Crippen MR) is 147 cm³/mol. The van der Waals surface area contributed by atoms with Crippen molar-refractivity contribution in [2.45, 2.75) is 83.4 Å². The van der Waals surface area contributed by atoms with Crippen LogP contribution in [0.4, 0.5) is 0 Å². The topological polar surface area (TPSA) is 169 Å². The van der Waals surface area contributed by atoms with Gasteiger partial charge in [0.1, 0.15) is 40.5 Å². The molecule has 3 heterocycles. The molecule has 3 aliphatic rings. The van der Waals surface area contributed by atoms with E-state index in [1.54, 1.807) is 32.2 Å². The number of aliphatic hydroxyl groups is 1. The molecule has 2 fully saturated rings. The number of ether oxygens (including phenoxy) is 3. The monoisotopic (exact) mass is 605 g/mol. The number of nitrogens with zero attached hydrogens (tertiary/aromatic N) is 1. The summed E-state index contributed by atoms with van der Waals surface area (Å²) in [4.78, 5) is 41.9. The average molecular weight is 606 g/mol. The standard InChI is InChI=1S/C29H35NO11S/c1-15(31)37-21-9-10-27(3)20(28(21,4)41-42(6,35)36)13-22(38-16(2)32)29(5)25(27)24(33)23-19(40-29)12-18(39-26(23)34)17-8-7-11-30-14-17/h7-8,11-12,14,20-22,24-25,33H,9-10,13H2,1-6H3/t20?,21-,22-,24-,25?,27-,28-,29+/m0/s1. The van der Waals surface area contributed by atoms with Crippen LogP contribution in [0.3, 0.4) is 0 Å². The van der Waals surface area contributed by atoms with Gasteiger partial charge >= 0.3 is 17.6 Å². The van der Waals surface area contributed by atoms with E-state index < -0.39 is 74.4 Å². The van der Waals surface area contributed by atoms with Crippen LogP contribution in [-0.4, -0.2) is 60.1 Å². The number of hydrogen-bond donors (Lipinski definition) is 1. The molecule has 2 aliphatic carbocycles. The third-order valence-electron chi connectivity index (χ3n) is 9.27. The lowest BCUT2D eigenvalue weighted by atomic mass is 9.45.